The Morgan fingerprint density at radius 1 is 1.03 bits per heavy atom. The highest BCUT2D eigenvalue weighted by Gasteiger charge is 2.17. The van der Waals surface area contributed by atoms with Gasteiger partial charge in [-0.05, 0) is 56.2 Å². The van der Waals surface area contributed by atoms with Gasteiger partial charge in [-0.15, -0.1) is 0 Å². The summed E-state index contributed by atoms with van der Waals surface area (Å²) < 4.78 is 15.9. The Morgan fingerprint density at radius 2 is 1.69 bits per heavy atom. The van der Waals surface area contributed by atoms with Crippen molar-refractivity contribution in [2.45, 2.75) is 39.5 Å². The van der Waals surface area contributed by atoms with Gasteiger partial charge in [0.2, 0.25) is 6.79 Å². The van der Waals surface area contributed by atoms with Crippen LogP contribution in [0.3, 0.4) is 0 Å². The maximum Gasteiger partial charge on any atom is 0.407 e. The van der Waals surface area contributed by atoms with E-state index < -0.39 is 11.7 Å². The lowest BCUT2D eigenvalue weighted by Crippen LogP contribution is -2.32. The first-order valence-corrected chi connectivity index (χ1v) is 9.41. The second-order valence-corrected chi connectivity index (χ2v) is 7.90. The Hall–Kier alpha value is -3.22. The molecule has 0 aromatic heterocycles. The van der Waals surface area contributed by atoms with Gasteiger partial charge in [-0.3, -0.25) is 4.79 Å². The van der Waals surface area contributed by atoms with Crippen molar-refractivity contribution in [2.75, 3.05) is 13.8 Å². The monoisotopic (exact) mass is 398 g/mol. The number of carbonyl (C=O) groups excluding carboxylic acids is 2. The van der Waals surface area contributed by atoms with Crippen molar-refractivity contribution in [1.29, 1.82) is 0 Å². The summed E-state index contributed by atoms with van der Waals surface area (Å²) in [6.07, 6.45) is -0.471. The number of hydrogen-bond donors (Lipinski definition) is 1. The highest BCUT2D eigenvalue weighted by Crippen LogP contribution is 2.32. The van der Waals surface area contributed by atoms with Crippen molar-refractivity contribution < 1.29 is 23.8 Å². The van der Waals surface area contributed by atoms with Gasteiger partial charge >= 0.3 is 6.09 Å². The van der Waals surface area contributed by atoms with E-state index in [1.807, 2.05) is 51.1 Å². The fraction of sp³-hybridized carbons (Fsp3) is 0.364. The van der Waals surface area contributed by atoms with Crippen molar-refractivity contribution in [3.05, 3.63) is 59.2 Å². The molecule has 1 heterocycles. The summed E-state index contributed by atoms with van der Waals surface area (Å²) in [5.74, 6) is 1.33. The summed E-state index contributed by atoms with van der Waals surface area (Å²) in [7, 11) is 1.75. The van der Waals surface area contributed by atoms with E-state index in [1.165, 1.54) is 0 Å². The quantitative estimate of drug-likeness (QED) is 0.831. The average molecular weight is 398 g/mol. The fourth-order valence-electron chi connectivity index (χ4n) is 2.86. The van der Waals surface area contributed by atoms with Crippen LogP contribution in [0.25, 0.3) is 0 Å². The third-order valence-corrected chi connectivity index (χ3v) is 4.24. The highest BCUT2D eigenvalue weighted by molar-refractivity contribution is 5.94. The number of amides is 2. The highest BCUT2D eigenvalue weighted by atomic mass is 16.7. The molecule has 7 heteroatoms. The first-order chi connectivity index (χ1) is 13.7. The smallest absolute Gasteiger partial charge is 0.407 e. The number of nitrogens with zero attached hydrogens (tertiary/aromatic N) is 1. The molecule has 7 nitrogen and oxygen atoms in total. The number of carbonyl (C=O) groups is 2. The van der Waals surface area contributed by atoms with E-state index in [1.54, 1.807) is 24.1 Å². The summed E-state index contributed by atoms with van der Waals surface area (Å²) in [5, 5.41) is 2.70. The third kappa shape index (κ3) is 5.63. The van der Waals surface area contributed by atoms with Crippen molar-refractivity contribution in [1.82, 2.24) is 10.2 Å². The normalized spacial score (nSPS) is 12.4. The molecule has 29 heavy (non-hydrogen) atoms. The molecule has 0 saturated carbocycles. The number of benzene rings is 2. The zero-order valence-corrected chi connectivity index (χ0v) is 17.2. The van der Waals surface area contributed by atoms with Crippen LogP contribution >= 0.6 is 0 Å². The van der Waals surface area contributed by atoms with Gasteiger partial charge < -0.3 is 24.4 Å². The molecule has 3 rings (SSSR count). The van der Waals surface area contributed by atoms with Gasteiger partial charge in [0, 0.05) is 25.7 Å². The summed E-state index contributed by atoms with van der Waals surface area (Å²) in [4.78, 5) is 26.1. The minimum absolute atomic E-state index is 0.0886. The maximum atomic E-state index is 12.7. The number of fused-ring (bicyclic) bond motifs is 1. The predicted octanol–water partition coefficient (Wildman–Crippen LogP) is 3.71. The lowest BCUT2D eigenvalue weighted by molar-refractivity contribution is 0.0523. The van der Waals surface area contributed by atoms with Crippen LogP contribution in [0, 0.1) is 0 Å². The van der Waals surface area contributed by atoms with Gasteiger partial charge in [-0.1, -0.05) is 18.2 Å². The Morgan fingerprint density at radius 3 is 2.38 bits per heavy atom. The molecule has 1 aliphatic rings. The predicted molar refractivity (Wildman–Crippen MR) is 108 cm³/mol. The van der Waals surface area contributed by atoms with E-state index in [4.69, 9.17) is 14.2 Å². The lowest BCUT2D eigenvalue weighted by Gasteiger charge is -2.20. The topological polar surface area (TPSA) is 77.1 Å². The van der Waals surface area contributed by atoms with E-state index in [9.17, 15) is 9.59 Å². The molecule has 0 bridgehead atoms. The molecule has 0 fully saturated rings. The minimum Gasteiger partial charge on any atom is -0.454 e. The first-order valence-electron chi connectivity index (χ1n) is 9.41. The molecule has 1 aliphatic heterocycles. The first kappa shape index (κ1) is 20.5. The van der Waals surface area contributed by atoms with E-state index in [-0.39, 0.29) is 12.7 Å². The second-order valence-electron chi connectivity index (χ2n) is 7.90. The molecular weight excluding hydrogens is 372 g/mol. The average Bonchev–Trinajstić information content (AvgIpc) is 3.12. The number of nitrogens with one attached hydrogen (secondary N) is 1. The number of hydrogen-bond acceptors (Lipinski definition) is 5. The van der Waals surface area contributed by atoms with Crippen LogP contribution in [0.15, 0.2) is 42.5 Å². The van der Waals surface area contributed by atoms with Crippen molar-refractivity contribution in [2.24, 2.45) is 0 Å². The summed E-state index contributed by atoms with van der Waals surface area (Å²) >= 11 is 0. The zero-order chi connectivity index (χ0) is 21.0. The molecule has 0 unspecified atom stereocenters. The molecule has 0 atom stereocenters. The van der Waals surface area contributed by atoms with Crippen molar-refractivity contribution >= 4 is 12.0 Å². The summed E-state index contributed by atoms with van der Waals surface area (Å²) in [5.41, 5.74) is 1.88. The standard InChI is InChI=1S/C22H26N2O5/c1-22(2,3)29-21(26)23-12-15-5-8-17(9-6-15)20(25)24(4)13-16-7-10-18-19(11-16)28-14-27-18/h5-11H,12-14H2,1-4H3,(H,23,26). The second kappa shape index (κ2) is 8.43. The molecule has 2 aromatic carbocycles. The molecule has 0 radical (unpaired) electrons. The SMILES string of the molecule is CN(Cc1ccc2c(c1)OCO2)C(=O)c1ccc(CNC(=O)OC(C)(C)C)cc1. The summed E-state index contributed by atoms with van der Waals surface area (Å²) in [6.45, 7) is 6.45. The van der Waals surface area contributed by atoms with Gasteiger partial charge in [-0.25, -0.2) is 4.79 Å². The van der Waals surface area contributed by atoms with Crippen LogP contribution in [0.5, 0.6) is 11.5 Å². The molecule has 2 aromatic rings. The minimum atomic E-state index is -0.539. The van der Waals surface area contributed by atoms with Crippen LogP contribution in [0.1, 0.15) is 42.3 Å². The van der Waals surface area contributed by atoms with Gasteiger partial charge in [0.05, 0.1) is 0 Å². The van der Waals surface area contributed by atoms with E-state index in [2.05, 4.69) is 5.32 Å². The van der Waals surface area contributed by atoms with Gasteiger partial charge in [-0.2, -0.15) is 0 Å². The molecule has 0 spiro atoms. The zero-order valence-electron chi connectivity index (χ0n) is 17.2. The van der Waals surface area contributed by atoms with Crippen LogP contribution in [-0.4, -0.2) is 36.3 Å². The molecule has 154 valence electrons. The number of rotatable bonds is 5. The number of alkyl carbamates (subject to hydrolysis) is 1. The largest absolute Gasteiger partial charge is 0.454 e. The van der Waals surface area contributed by atoms with Crippen LogP contribution in [-0.2, 0) is 17.8 Å². The third-order valence-electron chi connectivity index (χ3n) is 4.24. The lowest BCUT2D eigenvalue weighted by atomic mass is 10.1. The summed E-state index contributed by atoms with van der Waals surface area (Å²) in [6, 6.07) is 12.8. The molecule has 0 saturated heterocycles. The van der Waals surface area contributed by atoms with E-state index in [0.29, 0.717) is 24.4 Å². The van der Waals surface area contributed by atoms with Gasteiger partial charge in [0.15, 0.2) is 11.5 Å². The van der Waals surface area contributed by atoms with Gasteiger partial charge in [0.25, 0.3) is 5.91 Å². The van der Waals surface area contributed by atoms with Crippen molar-refractivity contribution in [3.63, 3.8) is 0 Å². The number of ether oxygens (including phenoxy) is 3. The Kier molecular flexibility index (Phi) is 5.96. The Balaban J connectivity index is 1.54. The molecule has 1 N–H and O–H groups in total. The molecule has 0 aliphatic carbocycles. The Bertz CT molecular complexity index is 887. The Labute approximate surface area is 170 Å². The van der Waals surface area contributed by atoms with Crippen LogP contribution in [0.4, 0.5) is 4.79 Å². The molecular formula is C22H26N2O5. The van der Waals surface area contributed by atoms with Crippen molar-refractivity contribution in [3.8, 4) is 11.5 Å². The van der Waals surface area contributed by atoms with E-state index >= 15 is 0 Å². The van der Waals surface area contributed by atoms with E-state index in [0.717, 1.165) is 16.9 Å². The van der Waals surface area contributed by atoms with Gasteiger partial charge in [0.1, 0.15) is 5.60 Å². The fourth-order valence-corrected chi connectivity index (χ4v) is 2.86. The van der Waals surface area contributed by atoms with Crippen LogP contribution in [0.2, 0.25) is 0 Å². The van der Waals surface area contributed by atoms with Crippen LogP contribution < -0.4 is 14.8 Å². The maximum absolute atomic E-state index is 12.7. The molecule has 2 amide bonds.